The summed E-state index contributed by atoms with van der Waals surface area (Å²) in [7, 11) is 1.27. The Hall–Kier alpha value is -2.37. The Kier molecular flexibility index (Phi) is 9.69. The van der Waals surface area contributed by atoms with Gasteiger partial charge in [-0.2, -0.15) is 0 Å². The van der Waals surface area contributed by atoms with E-state index < -0.39 is 17.9 Å². The molecule has 6 nitrogen and oxygen atoms in total. The molecular formula is C22H34N2O4. The highest BCUT2D eigenvalue weighted by Gasteiger charge is 2.26. The van der Waals surface area contributed by atoms with Crippen LogP contribution in [0.4, 0.5) is 0 Å². The predicted octanol–water partition coefficient (Wildman–Crippen LogP) is 3.40. The van der Waals surface area contributed by atoms with Crippen LogP contribution in [0.25, 0.3) is 0 Å². The van der Waals surface area contributed by atoms with Gasteiger partial charge < -0.3 is 14.6 Å². The van der Waals surface area contributed by atoms with Crippen LogP contribution in [0.2, 0.25) is 0 Å². The van der Waals surface area contributed by atoms with E-state index in [-0.39, 0.29) is 11.1 Å². The van der Waals surface area contributed by atoms with Gasteiger partial charge in [0.15, 0.2) is 0 Å². The lowest BCUT2D eigenvalue weighted by Crippen LogP contribution is -2.45. The van der Waals surface area contributed by atoms with Crippen molar-refractivity contribution in [2.75, 3.05) is 7.11 Å². The van der Waals surface area contributed by atoms with Crippen LogP contribution in [0.1, 0.15) is 75.5 Å². The summed E-state index contributed by atoms with van der Waals surface area (Å²) in [5.41, 5.74) is 2.44. The summed E-state index contributed by atoms with van der Waals surface area (Å²) in [5, 5.41) is 2.67. The molecule has 0 aliphatic heterocycles. The number of carbonyl (C=O) groups excluding carboxylic acids is 2. The molecule has 0 aromatic carbocycles. The second-order valence-electron chi connectivity index (χ2n) is 6.91. The SMILES string of the molecule is C/C=C(\C)[C@H](NC(=O)c1cc(CC)c(CCC)n(CCCC)c1=O)C(=O)OC. The van der Waals surface area contributed by atoms with Crippen molar-refractivity contribution in [2.24, 2.45) is 0 Å². The van der Waals surface area contributed by atoms with E-state index in [4.69, 9.17) is 4.74 Å². The number of rotatable bonds is 10. The maximum atomic E-state index is 13.1. The number of allylic oxidation sites excluding steroid dienone is 1. The number of methoxy groups -OCH3 is 1. The summed E-state index contributed by atoms with van der Waals surface area (Å²) >= 11 is 0. The number of hydrogen-bond donors (Lipinski definition) is 1. The molecule has 1 N–H and O–H groups in total. The molecule has 1 aromatic heterocycles. The van der Waals surface area contributed by atoms with E-state index in [2.05, 4.69) is 19.2 Å². The number of ether oxygens (including phenoxy) is 1. The van der Waals surface area contributed by atoms with Gasteiger partial charge in [-0.15, -0.1) is 0 Å². The number of hydrogen-bond acceptors (Lipinski definition) is 4. The molecule has 1 heterocycles. The number of aryl methyl sites for hydroxylation is 1. The van der Waals surface area contributed by atoms with Gasteiger partial charge in [-0.3, -0.25) is 9.59 Å². The Morgan fingerprint density at radius 3 is 2.43 bits per heavy atom. The third-order valence-corrected chi connectivity index (χ3v) is 4.96. The van der Waals surface area contributed by atoms with Gasteiger partial charge in [0.05, 0.1) is 7.11 Å². The smallest absolute Gasteiger partial charge is 0.332 e. The monoisotopic (exact) mass is 390 g/mol. The Bertz CT molecular complexity index is 777. The average Bonchev–Trinajstić information content (AvgIpc) is 2.70. The van der Waals surface area contributed by atoms with Crippen molar-refractivity contribution in [2.45, 2.75) is 79.3 Å². The first-order valence-corrected chi connectivity index (χ1v) is 10.1. The van der Waals surface area contributed by atoms with Gasteiger partial charge in [-0.05, 0) is 50.3 Å². The zero-order chi connectivity index (χ0) is 21.3. The molecule has 0 saturated carbocycles. The lowest BCUT2D eigenvalue weighted by molar-refractivity contribution is -0.141. The Morgan fingerprint density at radius 1 is 1.25 bits per heavy atom. The molecule has 0 aliphatic carbocycles. The van der Waals surface area contributed by atoms with Crippen LogP contribution >= 0.6 is 0 Å². The van der Waals surface area contributed by atoms with Crippen LogP contribution in [0.3, 0.4) is 0 Å². The summed E-state index contributed by atoms with van der Waals surface area (Å²) in [6, 6.07) is 0.774. The van der Waals surface area contributed by atoms with Gasteiger partial charge in [-0.1, -0.05) is 39.7 Å². The van der Waals surface area contributed by atoms with E-state index in [0.29, 0.717) is 12.1 Å². The van der Waals surface area contributed by atoms with Gasteiger partial charge in [0.1, 0.15) is 11.6 Å². The van der Waals surface area contributed by atoms with Gasteiger partial charge >= 0.3 is 5.97 Å². The fraction of sp³-hybridized carbons (Fsp3) is 0.591. The zero-order valence-corrected chi connectivity index (χ0v) is 18.1. The van der Waals surface area contributed by atoms with E-state index >= 15 is 0 Å². The average molecular weight is 391 g/mol. The topological polar surface area (TPSA) is 77.4 Å². The van der Waals surface area contributed by atoms with Crippen LogP contribution in [0, 0.1) is 0 Å². The molecule has 1 atom stereocenters. The lowest BCUT2D eigenvalue weighted by atomic mass is 10.0. The highest BCUT2D eigenvalue weighted by molar-refractivity contribution is 5.97. The van der Waals surface area contributed by atoms with Crippen molar-refractivity contribution < 1.29 is 14.3 Å². The number of unbranched alkanes of at least 4 members (excludes halogenated alkanes) is 1. The highest BCUT2D eigenvalue weighted by Crippen LogP contribution is 2.14. The second kappa shape index (κ2) is 11.5. The molecule has 0 fully saturated rings. The quantitative estimate of drug-likeness (QED) is 0.491. The van der Waals surface area contributed by atoms with Crippen LogP contribution in [-0.2, 0) is 28.9 Å². The van der Waals surface area contributed by atoms with Gasteiger partial charge in [0, 0.05) is 12.2 Å². The first-order chi connectivity index (χ1) is 13.4. The molecule has 0 unspecified atom stereocenters. The van der Waals surface area contributed by atoms with Crippen molar-refractivity contribution >= 4 is 11.9 Å². The van der Waals surface area contributed by atoms with E-state index in [9.17, 15) is 14.4 Å². The summed E-state index contributed by atoms with van der Waals surface area (Å²) in [6.07, 6.45) is 6.02. The molecule has 1 amide bonds. The van der Waals surface area contributed by atoms with Gasteiger partial charge in [-0.25, -0.2) is 4.79 Å². The normalized spacial score (nSPS) is 12.6. The maximum Gasteiger partial charge on any atom is 0.332 e. The number of carbonyl (C=O) groups is 2. The Labute approximate surface area is 168 Å². The third kappa shape index (κ3) is 5.57. The third-order valence-electron chi connectivity index (χ3n) is 4.96. The maximum absolute atomic E-state index is 13.1. The molecule has 156 valence electrons. The standard InChI is InChI=1S/C22H34N2O4/c1-7-11-13-24-18(12-8-2)16(10-4)14-17(21(24)26)20(25)23-19(15(5)9-3)22(27)28-6/h9,14,19H,7-8,10-13H2,1-6H3,(H,23,25)/b15-9+/t19-/m0/s1. The molecular weight excluding hydrogens is 356 g/mol. The summed E-state index contributed by atoms with van der Waals surface area (Å²) in [6.45, 7) is 10.3. The van der Waals surface area contributed by atoms with Crippen LogP contribution < -0.4 is 10.9 Å². The minimum Gasteiger partial charge on any atom is -0.467 e. The molecule has 0 aliphatic rings. The van der Waals surface area contributed by atoms with E-state index in [1.54, 1.807) is 30.6 Å². The van der Waals surface area contributed by atoms with Crippen LogP contribution in [0.5, 0.6) is 0 Å². The number of nitrogens with one attached hydrogen (secondary N) is 1. The fourth-order valence-corrected chi connectivity index (χ4v) is 3.17. The zero-order valence-electron chi connectivity index (χ0n) is 18.1. The summed E-state index contributed by atoms with van der Waals surface area (Å²) < 4.78 is 6.54. The summed E-state index contributed by atoms with van der Waals surface area (Å²) in [5.74, 6) is -1.11. The number of aromatic nitrogens is 1. The fourth-order valence-electron chi connectivity index (χ4n) is 3.17. The largest absolute Gasteiger partial charge is 0.467 e. The number of esters is 1. The minimum absolute atomic E-state index is 0.0746. The molecule has 6 heteroatoms. The van der Waals surface area contributed by atoms with Crippen LogP contribution in [0.15, 0.2) is 22.5 Å². The number of nitrogens with zero attached hydrogens (tertiary/aromatic N) is 1. The Balaban J connectivity index is 3.44. The first-order valence-electron chi connectivity index (χ1n) is 10.1. The van der Waals surface area contributed by atoms with Gasteiger partial charge in [0.25, 0.3) is 11.5 Å². The van der Waals surface area contributed by atoms with E-state index in [0.717, 1.165) is 43.4 Å². The number of amides is 1. The molecule has 1 aromatic rings. The van der Waals surface area contributed by atoms with Crippen molar-refractivity contribution in [1.82, 2.24) is 9.88 Å². The van der Waals surface area contributed by atoms with Crippen LogP contribution in [-0.4, -0.2) is 29.6 Å². The molecule has 0 spiro atoms. The van der Waals surface area contributed by atoms with Gasteiger partial charge in [0.2, 0.25) is 0 Å². The predicted molar refractivity (Wildman–Crippen MR) is 112 cm³/mol. The number of pyridine rings is 1. The van der Waals surface area contributed by atoms with E-state index in [1.165, 1.54) is 7.11 Å². The Morgan fingerprint density at radius 2 is 1.93 bits per heavy atom. The van der Waals surface area contributed by atoms with Crippen molar-refractivity contribution in [3.8, 4) is 0 Å². The highest BCUT2D eigenvalue weighted by atomic mass is 16.5. The molecule has 28 heavy (non-hydrogen) atoms. The van der Waals surface area contributed by atoms with Crippen molar-refractivity contribution in [3.63, 3.8) is 0 Å². The second-order valence-corrected chi connectivity index (χ2v) is 6.91. The van der Waals surface area contributed by atoms with Crippen molar-refractivity contribution in [3.05, 3.63) is 44.9 Å². The molecule has 0 radical (unpaired) electrons. The van der Waals surface area contributed by atoms with Crippen molar-refractivity contribution in [1.29, 1.82) is 0 Å². The van der Waals surface area contributed by atoms with E-state index in [1.807, 2.05) is 6.92 Å². The lowest BCUT2D eigenvalue weighted by Gasteiger charge is -2.20. The molecule has 0 bridgehead atoms. The molecule has 1 rings (SSSR count). The summed E-state index contributed by atoms with van der Waals surface area (Å²) in [4.78, 5) is 38.1. The molecule has 0 saturated heterocycles. The first kappa shape index (κ1) is 23.7. The minimum atomic E-state index is -0.911.